The van der Waals surface area contributed by atoms with Crippen molar-refractivity contribution in [3.8, 4) is 0 Å². The van der Waals surface area contributed by atoms with Crippen LogP contribution in [0, 0.1) is 17.8 Å². The van der Waals surface area contributed by atoms with Crippen LogP contribution in [0.5, 0.6) is 0 Å². The molecule has 0 unspecified atom stereocenters. The highest BCUT2D eigenvalue weighted by molar-refractivity contribution is 5.94. The third kappa shape index (κ3) is 2.80. The van der Waals surface area contributed by atoms with Crippen molar-refractivity contribution in [3.05, 3.63) is 17.8 Å². The van der Waals surface area contributed by atoms with Crippen LogP contribution in [0.2, 0.25) is 0 Å². The Kier molecular flexibility index (Phi) is 3.05. The predicted molar refractivity (Wildman–Crippen MR) is 73.0 cm³/mol. The highest BCUT2D eigenvalue weighted by atomic mass is 16.4. The molecule has 102 valence electrons. The van der Waals surface area contributed by atoms with Gasteiger partial charge in [0.15, 0.2) is 0 Å². The molecule has 0 atom stereocenters. The summed E-state index contributed by atoms with van der Waals surface area (Å²) < 4.78 is 0. The molecule has 0 spiro atoms. The highest BCUT2D eigenvalue weighted by Crippen LogP contribution is 2.49. The van der Waals surface area contributed by atoms with Crippen molar-refractivity contribution >= 4 is 17.5 Å². The molecule has 2 aliphatic carbocycles. The van der Waals surface area contributed by atoms with Crippen molar-refractivity contribution in [2.24, 2.45) is 17.8 Å². The van der Waals surface area contributed by atoms with E-state index in [0.29, 0.717) is 5.82 Å². The molecule has 0 aliphatic heterocycles. The highest BCUT2D eigenvalue weighted by Gasteiger charge is 2.41. The zero-order valence-corrected chi connectivity index (χ0v) is 10.8. The Morgan fingerprint density at radius 3 is 2.58 bits per heavy atom. The Hall–Kier alpha value is -1.78. The lowest BCUT2D eigenvalue weighted by molar-refractivity contribution is 0.0698. The molecule has 0 radical (unpaired) electrons. The smallest absolute Gasteiger partial charge is 0.337 e. The fourth-order valence-electron chi connectivity index (χ4n) is 2.74. The number of anilines is 2. The average Bonchev–Trinajstić information content (AvgIpc) is 3.25. The number of aromatic carboxylic acids is 1. The maximum Gasteiger partial charge on any atom is 0.337 e. The molecule has 0 aromatic carbocycles. The lowest BCUT2D eigenvalue weighted by atomic mass is 9.98. The third-order valence-corrected chi connectivity index (χ3v) is 4.14. The first-order chi connectivity index (χ1) is 9.15. The number of aromatic nitrogens is 1. The quantitative estimate of drug-likeness (QED) is 0.730. The van der Waals surface area contributed by atoms with E-state index in [2.05, 4.69) is 10.3 Å². The van der Waals surface area contributed by atoms with Gasteiger partial charge >= 0.3 is 5.97 Å². The second-order valence-electron chi connectivity index (χ2n) is 5.68. The largest absolute Gasteiger partial charge is 0.478 e. The minimum absolute atomic E-state index is 0.117. The van der Waals surface area contributed by atoms with E-state index in [4.69, 9.17) is 10.8 Å². The Balaban J connectivity index is 1.65. The first-order valence-corrected chi connectivity index (χ1v) is 6.88. The van der Waals surface area contributed by atoms with E-state index in [9.17, 15) is 4.79 Å². The van der Waals surface area contributed by atoms with E-state index >= 15 is 0 Å². The zero-order chi connectivity index (χ0) is 13.4. The first kappa shape index (κ1) is 12.3. The van der Waals surface area contributed by atoms with E-state index in [0.717, 1.165) is 24.3 Å². The van der Waals surface area contributed by atoms with E-state index in [1.165, 1.54) is 37.9 Å². The van der Waals surface area contributed by atoms with Crippen LogP contribution in [0.4, 0.5) is 11.5 Å². The van der Waals surface area contributed by atoms with Gasteiger partial charge in [0, 0.05) is 6.54 Å². The van der Waals surface area contributed by atoms with Gasteiger partial charge in [-0.3, -0.25) is 0 Å². The molecule has 1 aromatic heterocycles. The van der Waals surface area contributed by atoms with Crippen molar-refractivity contribution in [3.63, 3.8) is 0 Å². The lowest BCUT2D eigenvalue weighted by Crippen LogP contribution is -2.19. The Morgan fingerprint density at radius 1 is 1.42 bits per heavy atom. The Labute approximate surface area is 112 Å². The molecule has 0 amide bonds. The number of hydrogen-bond acceptors (Lipinski definition) is 4. The van der Waals surface area contributed by atoms with Crippen LogP contribution in [0.3, 0.4) is 0 Å². The van der Waals surface area contributed by atoms with Crippen LogP contribution in [-0.2, 0) is 0 Å². The summed E-state index contributed by atoms with van der Waals surface area (Å²) >= 11 is 0. The normalized spacial score (nSPS) is 18.6. The van der Waals surface area contributed by atoms with Gasteiger partial charge < -0.3 is 16.2 Å². The van der Waals surface area contributed by atoms with Crippen LogP contribution >= 0.6 is 0 Å². The number of rotatable bonds is 6. The molecular formula is C14H19N3O2. The van der Waals surface area contributed by atoms with Crippen LogP contribution in [0.15, 0.2) is 12.3 Å². The average molecular weight is 261 g/mol. The van der Waals surface area contributed by atoms with Crippen molar-refractivity contribution < 1.29 is 9.90 Å². The van der Waals surface area contributed by atoms with E-state index in [1.807, 2.05) is 0 Å². The number of nitrogen functional groups attached to an aromatic ring is 1. The second kappa shape index (κ2) is 4.72. The summed E-state index contributed by atoms with van der Waals surface area (Å²) in [6.07, 6.45) is 6.79. The molecular weight excluding hydrogens is 242 g/mol. The van der Waals surface area contributed by atoms with Crippen molar-refractivity contribution in [1.82, 2.24) is 4.98 Å². The van der Waals surface area contributed by atoms with Crippen molar-refractivity contribution in [2.45, 2.75) is 25.7 Å². The fourth-order valence-corrected chi connectivity index (χ4v) is 2.74. The molecule has 2 saturated carbocycles. The van der Waals surface area contributed by atoms with Gasteiger partial charge in [-0.05, 0) is 49.5 Å². The predicted octanol–water partition coefficient (Wildman–Crippen LogP) is 2.21. The summed E-state index contributed by atoms with van der Waals surface area (Å²) in [5, 5.41) is 12.3. The number of nitrogens with one attached hydrogen (secondary N) is 1. The van der Waals surface area contributed by atoms with E-state index in [1.54, 1.807) is 0 Å². The number of hydrogen-bond donors (Lipinski definition) is 3. The summed E-state index contributed by atoms with van der Waals surface area (Å²) in [7, 11) is 0. The zero-order valence-electron chi connectivity index (χ0n) is 10.8. The van der Waals surface area contributed by atoms with Gasteiger partial charge in [0.1, 0.15) is 5.82 Å². The fraction of sp³-hybridized carbons (Fsp3) is 0.571. The maximum atomic E-state index is 11.0. The monoisotopic (exact) mass is 261 g/mol. The molecule has 2 aliphatic rings. The molecule has 0 bridgehead atoms. The molecule has 1 aromatic rings. The number of carboxylic acid groups (broad SMARTS) is 1. The van der Waals surface area contributed by atoms with Gasteiger partial charge in [-0.1, -0.05) is 0 Å². The first-order valence-electron chi connectivity index (χ1n) is 6.88. The summed E-state index contributed by atoms with van der Waals surface area (Å²) in [6.45, 7) is 0.894. The molecule has 0 saturated heterocycles. The van der Waals surface area contributed by atoms with Gasteiger partial charge in [0.25, 0.3) is 0 Å². The molecule has 5 nitrogen and oxygen atoms in total. The topological polar surface area (TPSA) is 88.2 Å². The molecule has 1 heterocycles. The van der Waals surface area contributed by atoms with E-state index in [-0.39, 0.29) is 11.3 Å². The third-order valence-electron chi connectivity index (χ3n) is 4.14. The SMILES string of the molecule is Nc1cnc(NCC(C2CC2)C2CC2)cc1C(=O)O. The maximum absolute atomic E-state index is 11.0. The molecule has 19 heavy (non-hydrogen) atoms. The van der Waals surface area contributed by atoms with Crippen molar-refractivity contribution in [2.75, 3.05) is 17.6 Å². The Bertz CT molecular complexity index is 483. The summed E-state index contributed by atoms with van der Waals surface area (Å²) in [6, 6.07) is 1.52. The number of carboxylic acids is 1. The van der Waals surface area contributed by atoms with Crippen LogP contribution in [-0.4, -0.2) is 22.6 Å². The summed E-state index contributed by atoms with van der Waals surface area (Å²) in [4.78, 5) is 15.2. The van der Waals surface area contributed by atoms with Gasteiger partial charge in [0.05, 0.1) is 17.4 Å². The van der Waals surface area contributed by atoms with Gasteiger partial charge in [-0.2, -0.15) is 0 Å². The van der Waals surface area contributed by atoms with Crippen LogP contribution in [0.1, 0.15) is 36.0 Å². The Morgan fingerprint density at radius 2 is 2.05 bits per heavy atom. The molecule has 2 fully saturated rings. The minimum atomic E-state index is -1.01. The standard InChI is InChI=1S/C14H19N3O2/c15-12-7-17-13(5-10(12)14(18)19)16-6-11(8-1-2-8)9-3-4-9/h5,7-9,11H,1-4,6,15H2,(H,16,17)(H,18,19). The number of nitrogens with zero attached hydrogens (tertiary/aromatic N) is 1. The van der Waals surface area contributed by atoms with E-state index < -0.39 is 5.97 Å². The van der Waals surface area contributed by atoms with Gasteiger partial charge in [0.2, 0.25) is 0 Å². The van der Waals surface area contributed by atoms with Crippen LogP contribution < -0.4 is 11.1 Å². The molecule has 4 N–H and O–H groups in total. The number of nitrogens with two attached hydrogens (primary N) is 1. The lowest BCUT2D eigenvalue weighted by Gasteiger charge is -2.16. The number of carbonyl (C=O) groups is 1. The van der Waals surface area contributed by atoms with Crippen molar-refractivity contribution in [1.29, 1.82) is 0 Å². The number of pyridine rings is 1. The summed E-state index contributed by atoms with van der Waals surface area (Å²) in [5.41, 5.74) is 5.92. The molecule has 3 rings (SSSR count). The second-order valence-corrected chi connectivity index (χ2v) is 5.68. The van der Waals surface area contributed by atoms with Gasteiger partial charge in [-0.25, -0.2) is 9.78 Å². The summed E-state index contributed by atoms with van der Waals surface area (Å²) in [5.74, 6) is 2.06. The minimum Gasteiger partial charge on any atom is -0.478 e. The van der Waals surface area contributed by atoms with Crippen LogP contribution in [0.25, 0.3) is 0 Å². The molecule has 5 heteroatoms. The van der Waals surface area contributed by atoms with Gasteiger partial charge in [-0.15, -0.1) is 0 Å².